The molecule has 0 aliphatic carbocycles. The Morgan fingerprint density at radius 3 is 2.50 bits per heavy atom. The van der Waals surface area contributed by atoms with Gasteiger partial charge in [0.1, 0.15) is 6.54 Å². The molecule has 6 heteroatoms. The number of nitrogens with one attached hydrogen (secondary N) is 1. The molecule has 2 heterocycles. The van der Waals surface area contributed by atoms with Crippen molar-refractivity contribution in [3.8, 4) is 0 Å². The maximum Gasteiger partial charge on any atom is 0.265 e. The molecular weight excluding hydrogens is 398 g/mol. The van der Waals surface area contributed by atoms with Crippen molar-refractivity contribution in [2.24, 2.45) is 5.16 Å². The normalized spacial score (nSPS) is 19.9. The van der Waals surface area contributed by atoms with Crippen molar-refractivity contribution in [3.05, 3.63) is 99.6 Å². The van der Waals surface area contributed by atoms with E-state index >= 15 is 0 Å². The van der Waals surface area contributed by atoms with Crippen LogP contribution < -0.4 is 5.32 Å². The molecule has 1 N–H and O–H groups in total. The standard InChI is InChI=1S/C24H20ClN3O2/c1-15-10-16(2)12-17(11-15)23-27-30-24(18-6-4-3-5-7-18)20-13-19(25)8-9-21(20)26-22(29)14-28(23)24/h3-13H,14H2,1-2H3,(H,26,29)/t24-/m1/s1. The van der Waals surface area contributed by atoms with Gasteiger partial charge in [-0.2, -0.15) is 0 Å². The third kappa shape index (κ3) is 2.85. The Bertz CT molecular complexity index is 1170. The van der Waals surface area contributed by atoms with Gasteiger partial charge < -0.3 is 10.2 Å². The lowest BCUT2D eigenvalue weighted by Crippen LogP contribution is -2.48. The first-order valence-corrected chi connectivity index (χ1v) is 10.1. The topological polar surface area (TPSA) is 53.9 Å². The molecule has 3 aromatic rings. The molecule has 0 saturated heterocycles. The van der Waals surface area contributed by atoms with Gasteiger partial charge in [0, 0.05) is 21.7 Å². The van der Waals surface area contributed by atoms with Gasteiger partial charge in [0.15, 0.2) is 5.84 Å². The van der Waals surface area contributed by atoms with Gasteiger partial charge in [-0.25, -0.2) is 0 Å². The Balaban J connectivity index is 1.77. The fourth-order valence-corrected chi connectivity index (χ4v) is 4.49. The first-order chi connectivity index (χ1) is 14.5. The molecule has 3 aromatic carbocycles. The Morgan fingerprint density at radius 1 is 1.03 bits per heavy atom. The summed E-state index contributed by atoms with van der Waals surface area (Å²) in [6, 6.07) is 21.4. The van der Waals surface area contributed by atoms with Crippen molar-refractivity contribution in [2.75, 3.05) is 11.9 Å². The van der Waals surface area contributed by atoms with Gasteiger partial charge in [0.2, 0.25) is 5.91 Å². The van der Waals surface area contributed by atoms with E-state index in [1.807, 2.05) is 61.2 Å². The molecule has 0 radical (unpaired) electrons. The van der Waals surface area contributed by atoms with Crippen molar-refractivity contribution in [1.29, 1.82) is 0 Å². The maximum atomic E-state index is 12.9. The predicted octanol–water partition coefficient (Wildman–Crippen LogP) is 4.80. The summed E-state index contributed by atoms with van der Waals surface area (Å²) in [4.78, 5) is 21.0. The van der Waals surface area contributed by atoms with E-state index in [0.29, 0.717) is 16.5 Å². The summed E-state index contributed by atoms with van der Waals surface area (Å²) in [5.41, 5.74) is 4.31. The van der Waals surface area contributed by atoms with E-state index in [-0.39, 0.29) is 12.5 Å². The van der Waals surface area contributed by atoms with E-state index in [2.05, 4.69) is 28.7 Å². The smallest absolute Gasteiger partial charge is 0.265 e. The van der Waals surface area contributed by atoms with E-state index in [9.17, 15) is 4.79 Å². The minimum atomic E-state index is -1.10. The largest absolute Gasteiger partial charge is 0.355 e. The van der Waals surface area contributed by atoms with Crippen LogP contribution in [-0.4, -0.2) is 23.2 Å². The molecule has 0 saturated carbocycles. The number of aryl methyl sites for hydroxylation is 2. The number of nitrogens with zero attached hydrogens (tertiary/aromatic N) is 2. The van der Waals surface area contributed by atoms with E-state index in [0.717, 1.165) is 27.8 Å². The zero-order chi connectivity index (χ0) is 20.9. The Kier molecular flexibility index (Phi) is 4.29. The number of anilines is 1. The summed E-state index contributed by atoms with van der Waals surface area (Å²) in [5.74, 6) is 0.479. The molecule has 2 aliphatic rings. The van der Waals surface area contributed by atoms with Gasteiger partial charge in [-0.05, 0) is 44.2 Å². The number of benzene rings is 3. The van der Waals surface area contributed by atoms with Crippen LogP contribution in [0.5, 0.6) is 0 Å². The number of oxime groups is 1. The Hall–Kier alpha value is -3.31. The minimum Gasteiger partial charge on any atom is -0.355 e. The van der Waals surface area contributed by atoms with Crippen LogP contribution in [0.3, 0.4) is 0 Å². The molecule has 0 unspecified atom stereocenters. The lowest BCUT2D eigenvalue weighted by Gasteiger charge is -2.36. The van der Waals surface area contributed by atoms with Crippen LogP contribution in [-0.2, 0) is 15.4 Å². The molecular formula is C24H20ClN3O2. The Labute approximate surface area is 179 Å². The van der Waals surface area contributed by atoms with Gasteiger partial charge in [-0.15, -0.1) is 0 Å². The number of halogens is 1. The number of rotatable bonds is 2. The lowest BCUT2D eigenvalue weighted by molar-refractivity contribution is -0.121. The summed E-state index contributed by atoms with van der Waals surface area (Å²) in [6.45, 7) is 4.18. The van der Waals surface area contributed by atoms with Gasteiger partial charge in [0.25, 0.3) is 5.72 Å². The summed E-state index contributed by atoms with van der Waals surface area (Å²) >= 11 is 6.38. The number of amides is 1. The van der Waals surface area contributed by atoms with E-state index in [1.165, 1.54) is 0 Å². The second-order valence-corrected chi connectivity index (χ2v) is 8.15. The van der Waals surface area contributed by atoms with Gasteiger partial charge in [-0.3, -0.25) is 9.69 Å². The fraction of sp³-hybridized carbons (Fsp3) is 0.167. The van der Waals surface area contributed by atoms with Crippen LogP contribution in [0.25, 0.3) is 0 Å². The molecule has 0 fully saturated rings. The molecule has 5 rings (SSSR count). The average molecular weight is 418 g/mol. The van der Waals surface area contributed by atoms with Crippen LogP contribution in [0.15, 0.2) is 71.9 Å². The van der Waals surface area contributed by atoms with E-state index in [4.69, 9.17) is 16.4 Å². The number of amidine groups is 1. The predicted molar refractivity (Wildman–Crippen MR) is 118 cm³/mol. The van der Waals surface area contributed by atoms with Crippen molar-refractivity contribution >= 4 is 29.0 Å². The van der Waals surface area contributed by atoms with Crippen LogP contribution in [0.1, 0.15) is 27.8 Å². The molecule has 0 aromatic heterocycles. The monoisotopic (exact) mass is 417 g/mol. The molecule has 0 spiro atoms. The van der Waals surface area contributed by atoms with Crippen molar-refractivity contribution in [1.82, 2.24) is 4.90 Å². The van der Waals surface area contributed by atoms with Crippen molar-refractivity contribution in [3.63, 3.8) is 0 Å². The molecule has 1 amide bonds. The highest BCUT2D eigenvalue weighted by Crippen LogP contribution is 2.47. The van der Waals surface area contributed by atoms with Crippen LogP contribution >= 0.6 is 11.6 Å². The molecule has 0 bridgehead atoms. The third-order valence-corrected chi connectivity index (χ3v) is 5.70. The lowest BCUT2D eigenvalue weighted by atomic mass is 9.91. The van der Waals surface area contributed by atoms with E-state index < -0.39 is 5.72 Å². The second kappa shape index (κ2) is 6.89. The minimum absolute atomic E-state index is 0.0903. The quantitative estimate of drug-likeness (QED) is 0.651. The summed E-state index contributed by atoms with van der Waals surface area (Å²) < 4.78 is 0. The number of carbonyl (C=O) groups is 1. The van der Waals surface area contributed by atoms with Gasteiger partial charge in [0.05, 0.1) is 5.69 Å². The number of carbonyl (C=O) groups excluding carboxylic acids is 1. The maximum absolute atomic E-state index is 12.9. The first-order valence-electron chi connectivity index (χ1n) is 9.75. The highest BCUT2D eigenvalue weighted by Gasteiger charge is 2.53. The summed E-state index contributed by atoms with van der Waals surface area (Å²) in [5, 5.41) is 8.06. The fourth-order valence-electron chi connectivity index (χ4n) is 4.32. The van der Waals surface area contributed by atoms with Crippen molar-refractivity contribution < 1.29 is 9.63 Å². The van der Waals surface area contributed by atoms with Gasteiger partial charge in [-0.1, -0.05) is 64.3 Å². The third-order valence-electron chi connectivity index (χ3n) is 5.47. The number of fused-ring (bicyclic) bond motifs is 3. The SMILES string of the molecule is Cc1cc(C)cc(C2=NO[C@]3(c4ccccc4)c4cc(Cl)ccc4NC(=O)CN23)c1. The van der Waals surface area contributed by atoms with Crippen LogP contribution in [0.4, 0.5) is 5.69 Å². The molecule has 1 atom stereocenters. The average Bonchev–Trinajstić information content (AvgIpc) is 3.03. The zero-order valence-corrected chi connectivity index (χ0v) is 17.4. The van der Waals surface area contributed by atoms with Crippen LogP contribution in [0, 0.1) is 13.8 Å². The highest BCUT2D eigenvalue weighted by atomic mass is 35.5. The number of hydrogen-bond donors (Lipinski definition) is 1. The molecule has 150 valence electrons. The Morgan fingerprint density at radius 2 is 1.77 bits per heavy atom. The zero-order valence-electron chi connectivity index (χ0n) is 16.6. The first kappa shape index (κ1) is 18.7. The second-order valence-electron chi connectivity index (χ2n) is 7.72. The van der Waals surface area contributed by atoms with Crippen molar-refractivity contribution in [2.45, 2.75) is 19.6 Å². The van der Waals surface area contributed by atoms with E-state index in [1.54, 1.807) is 6.07 Å². The van der Waals surface area contributed by atoms with Crippen LogP contribution in [0.2, 0.25) is 5.02 Å². The highest BCUT2D eigenvalue weighted by molar-refractivity contribution is 6.30. The summed E-state index contributed by atoms with van der Waals surface area (Å²) in [6.07, 6.45) is 0. The summed E-state index contributed by atoms with van der Waals surface area (Å²) in [7, 11) is 0. The number of hydrogen-bond acceptors (Lipinski definition) is 4. The molecule has 2 aliphatic heterocycles. The molecule has 30 heavy (non-hydrogen) atoms. The molecule has 5 nitrogen and oxygen atoms in total. The van der Waals surface area contributed by atoms with Gasteiger partial charge >= 0.3 is 0 Å².